The predicted octanol–water partition coefficient (Wildman–Crippen LogP) is 2.88. The first-order valence-electron chi connectivity index (χ1n) is 9.28. The van der Waals surface area contributed by atoms with Gasteiger partial charge >= 0.3 is 0 Å². The molecule has 3 rings (SSSR count). The lowest BCUT2D eigenvalue weighted by Gasteiger charge is -2.44. The van der Waals surface area contributed by atoms with Crippen LogP contribution in [0.25, 0.3) is 0 Å². The number of fused-ring (bicyclic) bond motifs is 1. The fourth-order valence-electron chi connectivity index (χ4n) is 4.41. The van der Waals surface area contributed by atoms with Crippen LogP contribution in [0.1, 0.15) is 49.9 Å². The predicted molar refractivity (Wildman–Crippen MR) is 93.5 cm³/mol. The molecule has 0 saturated carbocycles. The van der Waals surface area contributed by atoms with E-state index in [0.29, 0.717) is 18.4 Å². The van der Waals surface area contributed by atoms with E-state index < -0.39 is 0 Å². The maximum Gasteiger partial charge on any atom is 0.221 e. The van der Waals surface area contributed by atoms with Gasteiger partial charge in [0.2, 0.25) is 5.91 Å². The van der Waals surface area contributed by atoms with Crippen molar-refractivity contribution in [1.29, 1.82) is 0 Å². The van der Waals surface area contributed by atoms with Crippen molar-refractivity contribution in [2.75, 3.05) is 19.6 Å². The summed E-state index contributed by atoms with van der Waals surface area (Å²) in [5, 5.41) is 3.21. The Morgan fingerprint density at radius 2 is 1.87 bits per heavy atom. The van der Waals surface area contributed by atoms with Gasteiger partial charge in [0.25, 0.3) is 0 Å². The molecule has 1 N–H and O–H groups in total. The standard InChI is InChI=1S/C19H31N3O/c1-15-8-9-16(2)22(15)13-10-19(23)20-14-17-6-5-12-21-11-4-3-7-18(17)21/h8-9,17-18H,3-7,10-14H2,1-2H3,(H,20,23)/t17-,18+/m0/s1. The molecule has 2 fully saturated rings. The summed E-state index contributed by atoms with van der Waals surface area (Å²) in [5.74, 6) is 0.855. The lowest BCUT2D eigenvalue weighted by molar-refractivity contribution is -0.121. The summed E-state index contributed by atoms with van der Waals surface area (Å²) in [4.78, 5) is 14.9. The van der Waals surface area contributed by atoms with Crippen LogP contribution in [0.2, 0.25) is 0 Å². The normalized spacial score (nSPS) is 25.1. The van der Waals surface area contributed by atoms with Crippen LogP contribution in [0.4, 0.5) is 0 Å². The van der Waals surface area contributed by atoms with E-state index in [4.69, 9.17) is 0 Å². The molecular formula is C19H31N3O. The number of piperidine rings is 2. The van der Waals surface area contributed by atoms with Crippen molar-refractivity contribution in [1.82, 2.24) is 14.8 Å². The summed E-state index contributed by atoms with van der Waals surface area (Å²) < 4.78 is 2.23. The molecule has 0 aliphatic carbocycles. The van der Waals surface area contributed by atoms with E-state index in [-0.39, 0.29) is 5.91 Å². The Morgan fingerprint density at radius 3 is 2.65 bits per heavy atom. The molecule has 23 heavy (non-hydrogen) atoms. The molecule has 4 nitrogen and oxygen atoms in total. The Kier molecular flexibility index (Phi) is 5.42. The van der Waals surface area contributed by atoms with Crippen LogP contribution in [0.15, 0.2) is 12.1 Å². The summed E-state index contributed by atoms with van der Waals surface area (Å²) in [6, 6.07) is 4.95. The number of aryl methyl sites for hydroxylation is 2. The van der Waals surface area contributed by atoms with Crippen molar-refractivity contribution in [2.24, 2.45) is 5.92 Å². The van der Waals surface area contributed by atoms with Gasteiger partial charge in [0.1, 0.15) is 0 Å². The SMILES string of the molecule is Cc1ccc(C)n1CCC(=O)NC[C@@H]1CCCN2CCCC[C@H]12. The Balaban J connectivity index is 1.45. The van der Waals surface area contributed by atoms with Crippen LogP contribution < -0.4 is 5.32 Å². The maximum atomic E-state index is 12.2. The lowest BCUT2D eigenvalue weighted by atomic mass is 9.83. The Hall–Kier alpha value is -1.29. The van der Waals surface area contributed by atoms with Crippen molar-refractivity contribution in [2.45, 2.75) is 65.0 Å². The van der Waals surface area contributed by atoms with Crippen molar-refractivity contribution in [3.05, 3.63) is 23.5 Å². The smallest absolute Gasteiger partial charge is 0.221 e. The third-order valence-electron chi connectivity index (χ3n) is 5.77. The highest BCUT2D eigenvalue weighted by Crippen LogP contribution is 2.30. The zero-order valence-corrected chi connectivity index (χ0v) is 14.7. The quantitative estimate of drug-likeness (QED) is 0.907. The minimum absolute atomic E-state index is 0.199. The summed E-state index contributed by atoms with van der Waals surface area (Å²) >= 11 is 0. The van der Waals surface area contributed by atoms with E-state index in [9.17, 15) is 4.79 Å². The van der Waals surface area contributed by atoms with Crippen LogP contribution in [0, 0.1) is 19.8 Å². The van der Waals surface area contributed by atoms with E-state index in [1.165, 1.54) is 56.6 Å². The molecule has 1 aromatic rings. The Bertz CT molecular complexity index is 515. The second kappa shape index (κ2) is 7.52. The number of nitrogens with one attached hydrogen (secondary N) is 1. The maximum absolute atomic E-state index is 12.2. The molecule has 2 atom stereocenters. The van der Waals surface area contributed by atoms with Gasteiger partial charge in [0, 0.05) is 36.9 Å². The topological polar surface area (TPSA) is 37.3 Å². The van der Waals surface area contributed by atoms with Gasteiger partial charge in [-0.05, 0) is 70.7 Å². The van der Waals surface area contributed by atoms with E-state index in [1.807, 2.05) is 0 Å². The minimum Gasteiger partial charge on any atom is -0.356 e. The Morgan fingerprint density at radius 1 is 1.13 bits per heavy atom. The second-order valence-corrected chi connectivity index (χ2v) is 7.32. The van der Waals surface area contributed by atoms with Crippen LogP contribution in [-0.4, -0.2) is 41.1 Å². The first kappa shape index (κ1) is 16.6. The number of hydrogen-bond acceptors (Lipinski definition) is 2. The molecule has 3 heterocycles. The number of nitrogens with zero attached hydrogens (tertiary/aromatic N) is 2. The zero-order valence-electron chi connectivity index (χ0n) is 14.7. The highest BCUT2D eigenvalue weighted by Gasteiger charge is 2.32. The molecule has 2 aliphatic rings. The first-order chi connectivity index (χ1) is 11.1. The van der Waals surface area contributed by atoms with Gasteiger partial charge in [-0.25, -0.2) is 0 Å². The third-order valence-corrected chi connectivity index (χ3v) is 5.77. The van der Waals surface area contributed by atoms with Crippen LogP contribution in [-0.2, 0) is 11.3 Å². The molecule has 128 valence electrons. The molecule has 1 aromatic heterocycles. The molecule has 0 radical (unpaired) electrons. The minimum atomic E-state index is 0.199. The summed E-state index contributed by atoms with van der Waals surface area (Å²) in [6.45, 7) is 8.39. The first-order valence-corrected chi connectivity index (χ1v) is 9.28. The molecule has 0 unspecified atom stereocenters. The van der Waals surface area contributed by atoms with Crippen LogP contribution in [0.5, 0.6) is 0 Å². The molecular weight excluding hydrogens is 286 g/mol. The number of rotatable bonds is 5. The van der Waals surface area contributed by atoms with Gasteiger partial charge in [-0.15, -0.1) is 0 Å². The average molecular weight is 317 g/mol. The molecule has 4 heteroatoms. The molecule has 1 amide bonds. The van der Waals surface area contributed by atoms with Gasteiger partial charge in [-0.3, -0.25) is 4.79 Å². The number of hydrogen-bond donors (Lipinski definition) is 1. The van der Waals surface area contributed by atoms with Crippen molar-refractivity contribution in [3.63, 3.8) is 0 Å². The van der Waals surface area contributed by atoms with Gasteiger partial charge in [-0.2, -0.15) is 0 Å². The highest BCUT2D eigenvalue weighted by atomic mass is 16.1. The molecule has 2 saturated heterocycles. The van der Waals surface area contributed by atoms with Crippen molar-refractivity contribution < 1.29 is 4.79 Å². The van der Waals surface area contributed by atoms with Gasteiger partial charge in [-0.1, -0.05) is 6.42 Å². The van der Waals surface area contributed by atoms with Crippen molar-refractivity contribution >= 4 is 5.91 Å². The zero-order chi connectivity index (χ0) is 16.2. The molecule has 0 bridgehead atoms. The van der Waals surface area contributed by atoms with E-state index in [1.54, 1.807) is 0 Å². The molecule has 0 spiro atoms. The second-order valence-electron chi connectivity index (χ2n) is 7.32. The lowest BCUT2D eigenvalue weighted by Crippen LogP contribution is -2.51. The average Bonchev–Trinajstić information content (AvgIpc) is 2.89. The fraction of sp³-hybridized carbons (Fsp3) is 0.737. The third kappa shape index (κ3) is 3.97. The van der Waals surface area contributed by atoms with Gasteiger partial charge in [0.15, 0.2) is 0 Å². The summed E-state index contributed by atoms with van der Waals surface area (Å²) in [7, 11) is 0. The number of carbonyl (C=O) groups is 1. The van der Waals surface area contributed by atoms with E-state index >= 15 is 0 Å². The van der Waals surface area contributed by atoms with Crippen LogP contribution >= 0.6 is 0 Å². The van der Waals surface area contributed by atoms with Crippen LogP contribution in [0.3, 0.4) is 0 Å². The largest absolute Gasteiger partial charge is 0.356 e. The number of carbonyl (C=O) groups excluding carboxylic acids is 1. The van der Waals surface area contributed by atoms with E-state index in [2.05, 4.69) is 40.8 Å². The number of amides is 1. The van der Waals surface area contributed by atoms with Gasteiger partial charge < -0.3 is 14.8 Å². The number of aromatic nitrogens is 1. The fourth-order valence-corrected chi connectivity index (χ4v) is 4.41. The monoisotopic (exact) mass is 317 g/mol. The molecule has 0 aromatic carbocycles. The molecule has 2 aliphatic heterocycles. The van der Waals surface area contributed by atoms with Gasteiger partial charge in [0.05, 0.1) is 0 Å². The van der Waals surface area contributed by atoms with E-state index in [0.717, 1.165) is 13.1 Å². The summed E-state index contributed by atoms with van der Waals surface area (Å²) in [5.41, 5.74) is 2.47. The highest BCUT2D eigenvalue weighted by molar-refractivity contribution is 5.75. The Labute approximate surface area is 140 Å². The summed E-state index contributed by atoms with van der Waals surface area (Å²) in [6.07, 6.45) is 7.18. The van der Waals surface area contributed by atoms with Crippen molar-refractivity contribution in [3.8, 4) is 0 Å².